The number of rotatable bonds is 3. The molecule has 1 aromatic carbocycles. The number of thiophene rings is 1. The van der Waals surface area contributed by atoms with Gasteiger partial charge < -0.3 is 0 Å². The van der Waals surface area contributed by atoms with Crippen molar-refractivity contribution in [2.24, 2.45) is 0 Å². The van der Waals surface area contributed by atoms with E-state index in [0.717, 1.165) is 5.56 Å². The molecule has 1 aromatic heterocycles. The molecule has 0 aliphatic heterocycles. The Morgan fingerprint density at radius 1 is 1.17 bits per heavy atom. The first-order chi connectivity index (χ1) is 8.75. The first kappa shape index (κ1) is 12.9. The summed E-state index contributed by atoms with van der Waals surface area (Å²) in [4.78, 5) is 2.73. The van der Waals surface area contributed by atoms with Gasteiger partial charge in [-0.05, 0) is 38.1 Å². The first-order valence-corrected chi connectivity index (χ1v) is 6.91. The van der Waals surface area contributed by atoms with E-state index in [2.05, 4.69) is 43.1 Å². The van der Waals surface area contributed by atoms with E-state index in [4.69, 9.17) is 0 Å². The Morgan fingerprint density at radius 3 is 2.61 bits per heavy atom. The average molecular weight is 255 g/mol. The quantitative estimate of drug-likeness (QED) is 0.823. The van der Waals surface area contributed by atoms with Gasteiger partial charge in [-0.3, -0.25) is 5.32 Å². The van der Waals surface area contributed by atoms with Crippen LogP contribution in [0.2, 0.25) is 0 Å². The third-order valence-electron chi connectivity index (χ3n) is 2.69. The largest absolute Gasteiger partial charge is 0.299 e. The van der Waals surface area contributed by atoms with Gasteiger partial charge in [-0.25, -0.2) is 0 Å². The van der Waals surface area contributed by atoms with Gasteiger partial charge in [0.25, 0.3) is 0 Å². The van der Waals surface area contributed by atoms with Gasteiger partial charge in [-0.2, -0.15) is 0 Å². The maximum atomic E-state index is 3.42. The number of aryl methyl sites for hydroxylation is 1. The fraction of sp³-hybridized carbons (Fsp3) is 0.250. The van der Waals surface area contributed by atoms with Crippen LogP contribution >= 0.6 is 11.3 Å². The minimum absolute atomic E-state index is 0.369. The first-order valence-electron chi connectivity index (χ1n) is 6.09. The van der Waals surface area contributed by atoms with Gasteiger partial charge in [0.1, 0.15) is 0 Å². The van der Waals surface area contributed by atoms with E-state index >= 15 is 0 Å². The van der Waals surface area contributed by atoms with Crippen LogP contribution in [-0.2, 0) is 0 Å². The summed E-state index contributed by atoms with van der Waals surface area (Å²) < 4.78 is 0. The summed E-state index contributed by atoms with van der Waals surface area (Å²) in [6, 6.07) is 14.8. The third-order valence-corrected chi connectivity index (χ3v) is 3.87. The Kier molecular flexibility index (Phi) is 4.58. The average Bonchev–Trinajstić information content (AvgIpc) is 2.82. The van der Waals surface area contributed by atoms with Crippen LogP contribution in [0.3, 0.4) is 0 Å². The molecule has 0 spiro atoms. The Morgan fingerprint density at radius 2 is 1.94 bits per heavy atom. The highest BCUT2D eigenvalue weighted by atomic mass is 32.1. The van der Waals surface area contributed by atoms with Gasteiger partial charge in [0.2, 0.25) is 0 Å². The number of nitrogens with one attached hydrogen (secondary N) is 1. The van der Waals surface area contributed by atoms with Gasteiger partial charge >= 0.3 is 0 Å². The Bertz CT molecular complexity index is 545. The highest BCUT2D eigenvalue weighted by molar-refractivity contribution is 7.12. The number of hydrogen-bond acceptors (Lipinski definition) is 2. The van der Waals surface area contributed by atoms with Crippen LogP contribution in [0.1, 0.15) is 28.3 Å². The molecule has 18 heavy (non-hydrogen) atoms. The molecule has 0 saturated heterocycles. The van der Waals surface area contributed by atoms with Crippen molar-refractivity contribution < 1.29 is 0 Å². The minimum Gasteiger partial charge on any atom is -0.299 e. The zero-order valence-corrected chi connectivity index (χ0v) is 11.6. The Balaban J connectivity index is 1.84. The monoisotopic (exact) mass is 255 g/mol. The topological polar surface area (TPSA) is 12.0 Å². The van der Waals surface area contributed by atoms with E-state index in [-0.39, 0.29) is 0 Å². The second-order valence-corrected chi connectivity index (χ2v) is 5.54. The molecule has 0 bridgehead atoms. The molecule has 1 atom stereocenters. The van der Waals surface area contributed by atoms with Gasteiger partial charge in [0.05, 0.1) is 6.54 Å². The van der Waals surface area contributed by atoms with E-state index in [1.807, 2.05) is 41.7 Å². The zero-order valence-electron chi connectivity index (χ0n) is 10.7. The molecule has 0 amide bonds. The smallest absolute Gasteiger partial charge is 0.0585 e. The maximum Gasteiger partial charge on any atom is 0.0585 e. The summed E-state index contributed by atoms with van der Waals surface area (Å²) in [5.41, 5.74) is 1.07. The fourth-order valence-corrected chi connectivity index (χ4v) is 2.56. The Labute approximate surface area is 113 Å². The number of benzene rings is 1. The van der Waals surface area contributed by atoms with E-state index in [1.54, 1.807) is 0 Å². The van der Waals surface area contributed by atoms with E-state index < -0.39 is 0 Å². The van der Waals surface area contributed by atoms with Crippen LogP contribution in [0, 0.1) is 18.8 Å². The summed E-state index contributed by atoms with van der Waals surface area (Å²) in [6.07, 6.45) is 0. The molecule has 0 aliphatic carbocycles. The second-order valence-electron chi connectivity index (χ2n) is 4.22. The van der Waals surface area contributed by atoms with Crippen molar-refractivity contribution in [2.45, 2.75) is 19.9 Å². The lowest BCUT2D eigenvalue weighted by atomic mass is 10.2. The lowest BCUT2D eigenvalue weighted by Crippen LogP contribution is -2.17. The predicted molar refractivity (Wildman–Crippen MR) is 78.8 cm³/mol. The molecule has 92 valence electrons. The normalized spacial score (nSPS) is 11.7. The van der Waals surface area contributed by atoms with Gasteiger partial charge in [-0.15, -0.1) is 11.3 Å². The van der Waals surface area contributed by atoms with Crippen molar-refractivity contribution in [3.8, 4) is 11.8 Å². The van der Waals surface area contributed by atoms with Crippen LogP contribution in [0.15, 0.2) is 42.5 Å². The van der Waals surface area contributed by atoms with E-state index in [0.29, 0.717) is 12.6 Å². The van der Waals surface area contributed by atoms with Crippen LogP contribution in [0.5, 0.6) is 0 Å². The van der Waals surface area contributed by atoms with Crippen LogP contribution in [0.4, 0.5) is 0 Å². The van der Waals surface area contributed by atoms with Crippen molar-refractivity contribution in [1.82, 2.24) is 5.32 Å². The summed E-state index contributed by atoms with van der Waals surface area (Å²) in [6.45, 7) is 5.03. The summed E-state index contributed by atoms with van der Waals surface area (Å²) >= 11 is 1.84. The SMILES string of the molecule is Cc1ccc(C(C)NCC#Cc2ccccc2)s1. The lowest BCUT2D eigenvalue weighted by molar-refractivity contribution is 0.633. The Hall–Kier alpha value is -1.56. The number of hydrogen-bond donors (Lipinski definition) is 1. The van der Waals surface area contributed by atoms with Gasteiger partial charge in [0, 0.05) is 21.4 Å². The third kappa shape index (κ3) is 3.73. The molecule has 0 saturated carbocycles. The molecule has 1 N–H and O–H groups in total. The van der Waals surface area contributed by atoms with E-state index in [9.17, 15) is 0 Å². The maximum absolute atomic E-state index is 3.42. The molecule has 0 fully saturated rings. The molecule has 2 rings (SSSR count). The van der Waals surface area contributed by atoms with Gasteiger partial charge in [0.15, 0.2) is 0 Å². The zero-order chi connectivity index (χ0) is 12.8. The summed E-state index contributed by atoms with van der Waals surface area (Å²) in [7, 11) is 0. The lowest BCUT2D eigenvalue weighted by Gasteiger charge is -2.08. The summed E-state index contributed by atoms with van der Waals surface area (Å²) in [5, 5.41) is 3.42. The minimum atomic E-state index is 0.369. The predicted octanol–water partition coefficient (Wildman–Crippen LogP) is 3.76. The fourth-order valence-electron chi connectivity index (χ4n) is 1.66. The molecular formula is C16H17NS. The highest BCUT2D eigenvalue weighted by Gasteiger charge is 2.05. The van der Waals surface area contributed by atoms with Crippen LogP contribution < -0.4 is 5.32 Å². The van der Waals surface area contributed by atoms with Crippen molar-refractivity contribution in [3.05, 3.63) is 57.8 Å². The van der Waals surface area contributed by atoms with Crippen molar-refractivity contribution in [3.63, 3.8) is 0 Å². The standard InChI is InChI=1S/C16H17NS/c1-13-10-11-16(18-13)14(2)17-12-6-9-15-7-4-3-5-8-15/h3-5,7-8,10-11,14,17H,12H2,1-2H3. The molecular weight excluding hydrogens is 238 g/mol. The molecule has 1 unspecified atom stereocenters. The van der Waals surface area contributed by atoms with Crippen LogP contribution in [-0.4, -0.2) is 6.54 Å². The molecule has 1 nitrogen and oxygen atoms in total. The van der Waals surface area contributed by atoms with Crippen molar-refractivity contribution >= 4 is 11.3 Å². The molecule has 0 radical (unpaired) electrons. The van der Waals surface area contributed by atoms with Gasteiger partial charge in [-0.1, -0.05) is 30.0 Å². The molecule has 2 aromatic rings. The van der Waals surface area contributed by atoms with Crippen LogP contribution in [0.25, 0.3) is 0 Å². The molecule has 1 heterocycles. The second kappa shape index (κ2) is 6.39. The van der Waals surface area contributed by atoms with Crippen molar-refractivity contribution in [2.75, 3.05) is 6.54 Å². The highest BCUT2D eigenvalue weighted by Crippen LogP contribution is 2.21. The molecule has 2 heteroatoms. The van der Waals surface area contributed by atoms with Crippen molar-refractivity contribution in [1.29, 1.82) is 0 Å². The molecule has 0 aliphatic rings. The summed E-state index contributed by atoms with van der Waals surface area (Å²) in [5.74, 6) is 6.30. The van der Waals surface area contributed by atoms with E-state index in [1.165, 1.54) is 9.75 Å².